The molecular formula is C17H13ClO5. The molecule has 0 heterocycles. The largest absolute Gasteiger partial charge is 0.426 e. The number of ether oxygens (including phenoxy) is 2. The van der Waals surface area contributed by atoms with Crippen LogP contribution in [0.15, 0.2) is 48.5 Å². The van der Waals surface area contributed by atoms with E-state index in [2.05, 4.69) is 0 Å². The summed E-state index contributed by atoms with van der Waals surface area (Å²) in [6.45, 7) is 1.21. The van der Waals surface area contributed by atoms with Gasteiger partial charge in [0.25, 0.3) is 0 Å². The van der Waals surface area contributed by atoms with Gasteiger partial charge in [-0.25, -0.2) is 4.79 Å². The summed E-state index contributed by atoms with van der Waals surface area (Å²) in [7, 11) is 0. The second kappa shape index (κ2) is 7.56. The molecule has 0 unspecified atom stereocenters. The second-order valence-corrected chi connectivity index (χ2v) is 4.83. The van der Waals surface area contributed by atoms with Crippen LogP contribution >= 0.6 is 11.6 Å². The maximum Gasteiger partial charge on any atom is 0.347 e. The van der Waals surface area contributed by atoms with Crippen molar-refractivity contribution in [3.05, 3.63) is 59.7 Å². The molecular weight excluding hydrogens is 320 g/mol. The minimum atomic E-state index is -0.739. The molecule has 0 aliphatic rings. The van der Waals surface area contributed by atoms with Gasteiger partial charge in [-0.05, 0) is 30.3 Å². The Labute approximate surface area is 137 Å². The van der Waals surface area contributed by atoms with Gasteiger partial charge >= 0.3 is 11.9 Å². The lowest BCUT2D eigenvalue weighted by Crippen LogP contribution is -2.14. The molecule has 0 bridgehead atoms. The van der Waals surface area contributed by atoms with Gasteiger partial charge in [-0.3, -0.25) is 9.59 Å². The Morgan fingerprint density at radius 2 is 1.70 bits per heavy atom. The van der Waals surface area contributed by atoms with E-state index >= 15 is 0 Å². The summed E-state index contributed by atoms with van der Waals surface area (Å²) >= 11 is 5.52. The fourth-order valence-corrected chi connectivity index (χ4v) is 1.99. The molecule has 6 heteroatoms. The molecule has 0 atom stereocenters. The van der Waals surface area contributed by atoms with Crippen LogP contribution in [0.3, 0.4) is 0 Å². The molecule has 5 nitrogen and oxygen atoms in total. The third-order valence-corrected chi connectivity index (χ3v) is 3.09. The maximum absolute atomic E-state index is 12.3. The summed E-state index contributed by atoms with van der Waals surface area (Å²) in [6.07, 6.45) is 0. The second-order valence-electron chi connectivity index (χ2n) is 4.56. The first-order valence-electron chi connectivity index (χ1n) is 6.70. The van der Waals surface area contributed by atoms with E-state index in [4.69, 9.17) is 21.1 Å². The predicted molar refractivity (Wildman–Crippen MR) is 84.2 cm³/mol. The van der Waals surface area contributed by atoms with Crippen LogP contribution < -0.4 is 9.47 Å². The van der Waals surface area contributed by atoms with Crippen molar-refractivity contribution in [2.75, 3.05) is 5.88 Å². The number of hydrogen-bond donors (Lipinski definition) is 0. The SMILES string of the molecule is CC(=O)Oc1ccc(C(=O)CCl)cc1C(=O)Oc1ccccc1. The summed E-state index contributed by atoms with van der Waals surface area (Å²) in [4.78, 5) is 35.2. The van der Waals surface area contributed by atoms with E-state index in [0.717, 1.165) is 0 Å². The van der Waals surface area contributed by atoms with Gasteiger partial charge in [0.2, 0.25) is 0 Å². The molecule has 0 aliphatic heterocycles. The first-order chi connectivity index (χ1) is 11.0. The van der Waals surface area contributed by atoms with E-state index in [1.807, 2.05) is 0 Å². The zero-order valence-electron chi connectivity index (χ0n) is 12.2. The lowest BCUT2D eigenvalue weighted by atomic mass is 10.1. The van der Waals surface area contributed by atoms with Gasteiger partial charge in [-0.15, -0.1) is 11.6 Å². The minimum absolute atomic E-state index is 0.0181. The number of rotatable bonds is 5. The molecule has 2 aromatic rings. The normalized spacial score (nSPS) is 10.0. The number of para-hydroxylation sites is 1. The van der Waals surface area contributed by atoms with E-state index in [1.54, 1.807) is 30.3 Å². The van der Waals surface area contributed by atoms with Gasteiger partial charge in [0.1, 0.15) is 17.1 Å². The number of alkyl halides is 1. The van der Waals surface area contributed by atoms with Crippen molar-refractivity contribution in [3.8, 4) is 11.5 Å². The Kier molecular flexibility index (Phi) is 5.49. The smallest absolute Gasteiger partial charge is 0.347 e. The topological polar surface area (TPSA) is 69.7 Å². The van der Waals surface area contributed by atoms with Crippen LogP contribution in [-0.2, 0) is 4.79 Å². The lowest BCUT2D eigenvalue weighted by molar-refractivity contribution is -0.131. The fraction of sp³-hybridized carbons (Fsp3) is 0.118. The zero-order valence-corrected chi connectivity index (χ0v) is 13.0. The quantitative estimate of drug-likeness (QED) is 0.364. The van der Waals surface area contributed by atoms with Gasteiger partial charge in [-0.1, -0.05) is 18.2 Å². The molecule has 0 saturated heterocycles. The van der Waals surface area contributed by atoms with Gasteiger partial charge in [0.05, 0.1) is 5.88 Å². The summed E-state index contributed by atoms with van der Waals surface area (Å²) in [5, 5.41) is 0. The van der Waals surface area contributed by atoms with E-state index < -0.39 is 11.9 Å². The number of carbonyl (C=O) groups is 3. The monoisotopic (exact) mass is 332 g/mol. The molecule has 0 fully saturated rings. The Bertz CT molecular complexity index is 740. The average molecular weight is 333 g/mol. The highest BCUT2D eigenvalue weighted by molar-refractivity contribution is 6.30. The molecule has 2 aromatic carbocycles. The van der Waals surface area contributed by atoms with Crippen molar-refractivity contribution in [3.63, 3.8) is 0 Å². The Morgan fingerprint density at radius 3 is 2.30 bits per heavy atom. The van der Waals surface area contributed by atoms with Crippen molar-refractivity contribution in [1.82, 2.24) is 0 Å². The molecule has 0 radical (unpaired) electrons. The number of esters is 2. The van der Waals surface area contributed by atoms with Crippen molar-refractivity contribution in [2.24, 2.45) is 0 Å². The van der Waals surface area contributed by atoms with E-state index in [-0.39, 0.29) is 28.5 Å². The molecule has 0 N–H and O–H groups in total. The van der Waals surface area contributed by atoms with Crippen LogP contribution in [0, 0.1) is 0 Å². The number of halogens is 1. The average Bonchev–Trinajstić information content (AvgIpc) is 2.54. The standard InChI is InChI=1S/C17H13ClO5/c1-11(19)22-16-8-7-12(15(20)10-18)9-14(16)17(21)23-13-5-3-2-4-6-13/h2-9H,10H2,1H3. The molecule has 0 aromatic heterocycles. The lowest BCUT2D eigenvalue weighted by Gasteiger charge is -2.10. The number of benzene rings is 2. The van der Waals surface area contributed by atoms with E-state index in [1.165, 1.54) is 25.1 Å². The van der Waals surface area contributed by atoms with Gasteiger partial charge < -0.3 is 9.47 Å². The molecule has 118 valence electrons. The van der Waals surface area contributed by atoms with E-state index in [9.17, 15) is 14.4 Å². The molecule has 0 saturated carbocycles. The maximum atomic E-state index is 12.3. The molecule has 0 aliphatic carbocycles. The fourth-order valence-electron chi connectivity index (χ4n) is 1.83. The van der Waals surface area contributed by atoms with Crippen molar-refractivity contribution in [1.29, 1.82) is 0 Å². The molecule has 2 rings (SSSR count). The third-order valence-electron chi connectivity index (χ3n) is 2.85. The van der Waals surface area contributed by atoms with Crippen molar-refractivity contribution >= 4 is 29.3 Å². The van der Waals surface area contributed by atoms with Crippen LogP contribution in [0.4, 0.5) is 0 Å². The molecule has 23 heavy (non-hydrogen) atoms. The van der Waals surface area contributed by atoms with E-state index in [0.29, 0.717) is 5.75 Å². The van der Waals surface area contributed by atoms with Crippen LogP contribution in [0.25, 0.3) is 0 Å². The first kappa shape index (κ1) is 16.7. The predicted octanol–water partition coefficient (Wildman–Crippen LogP) is 3.25. The molecule has 0 spiro atoms. The number of Topliss-reactive ketones (excluding diaryl/α,β-unsaturated/α-hetero) is 1. The van der Waals surface area contributed by atoms with Crippen LogP contribution in [0.2, 0.25) is 0 Å². The third kappa shape index (κ3) is 4.40. The van der Waals surface area contributed by atoms with Gasteiger partial charge in [0.15, 0.2) is 5.78 Å². The van der Waals surface area contributed by atoms with Crippen LogP contribution in [0.1, 0.15) is 27.6 Å². The van der Waals surface area contributed by atoms with Crippen LogP contribution in [0.5, 0.6) is 11.5 Å². The highest BCUT2D eigenvalue weighted by atomic mass is 35.5. The molecule has 0 amide bonds. The summed E-state index contributed by atoms with van der Waals surface area (Å²) in [6, 6.07) is 12.5. The van der Waals surface area contributed by atoms with Gasteiger partial charge in [0, 0.05) is 12.5 Å². The minimum Gasteiger partial charge on any atom is -0.426 e. The summed E-state index contributed by atoms with van der Waals surface area (Å²) < 4.78 is 10.2. The highest BCUT2D eigenvalue weighted by Crippen LogP contribution is 2.23. The van der Waals surface area contributed by atoms with Crippen LogP contribution in [-0.4, -0.2) is 23.6 Å². The Morgan fingerprint density at radius 1 is 1.00 bits per heavy atom. The first-order valence-corrected chi connectivity index (χ1v) is 7.23. The number of hydrogen-bond acceptors (Lipinski definition) is 5. The zero-order chi connectivity index (χ0) is 16.8. The van der Waals surface area contributed by atoms with Crippen molar-refractivity contribution < 1.29 is 23.9 Å². The Hall–Kier alpha value is -2.66. The summed E-state index contributed by atoms with van der Waals surface area (Å²) in [5.41, 5.74) is 0.205. The van der Waals surface area contributed by atoms with Crippen molar-refractivity contribution in [2.45, 2.75) is 6.92 Å². The Balaban J connectivity index is 2.37. The summed E-state index contributed by atoms with van der Waals surface area (Å²) in [5.74, 6) is -1.55. The van der Waals surface area contributed by atoms with Gasteiger partial charge in [-0.2, -0.15) is 0 Å². The highest BCUT2D eigenvalue weighted by Gasteiger charge is 2.19. The number of ketones is 1. The number of carbonyl (C=O) groups excluding carboxylic acids is 3.